The molecule has 1 aromatic carbocycles. The minimum absolute atomic E-state index is 0.701. The fourth-order valence-corrected chi connectivity index (χ4v) is 2.61. The maximum absolute atomic E-state index is 6.14. The van der Waals surface area contributed by atoms with E-state index in [0.717, 1.165) is 21.4 Å². The smallest absolute Gasteiger partial charge is 0.136 e. The highest BCUT2D eigenvalue weighted by molar-refractivity contribution is 9.10. The van der Waals surface area contributed by atoms with Crippen molar-refractivity contribution >= 4 is 27.5 Å². The van der Waals surface area contributed by atoms with Gasteiger partial charge in [-0.15, -0.1) is 0 Å². The summed E-state index contributed by atoms with van der Waals surface area (Å²) in [6, 6.07) is 7.67. The molecule has 0 atom stereocenters. The first kappa shape index (κ1) is 9.81. The lowest BCUT2D eigenvalue weighted by Crippen LogP contribution is -1.81. The first-order valence-electron chi connectivity index (χ1n) is 4.18. The molecule has 0 amide bonds. The Labute approximate surface area is 95.8 Å². The number of hydrogen-bond donors (Lipinski definition) is 0. The van der Waals surface area contributed by atoms with Gasteiger partial charge in [0, 0.05) is 4.47 Å². The Morgan fingerprint density at radius 3 is 2.71 bits per heavy atom. The summed E-state index contributed by atoms with van der Waals surface area (Å²) in [5.74, 6) is 0.780. The van der Waals surface area contributed by atoms with Crippen LogP contribution in [0.3, 0.4) is 0 Å². The van der Waals surface area contributed by atoms with Gasteiger partial charge < -0.3 is 4.42 Å². The normalized spacial score (nSPS) is 10.5. The number of benzene rings is 1. The Hall–Kier alpha value is -0.730. The first-order valence-corrected chi connectivity index (χ1v) is 5.35. The average Bonchev–Trinajstić information content (AvgIpc) is 2.54. The summed E-state index contributed by atoms with van der Waals surface area (Å²) in [7, 11) is 0. The van der Waals surface area contributed by atoms with Gasteiger partial charge in [-0.1, -0.05) is 11.6 Å². The fraction of sp³-hybridized carbons (Fsp3) is 0.0909. The Balaban J connectivity index is 2.64. The van der Waals surface area contributed by atoms with Crippen LogP contribution < -0.4 is 0 Å². The van der Waals surface area contributed by atoms with Gasteiger partial charge in [-0.2, -0.15) is 0 Å². The zero-order valence-corrected chi connectivity index (χ0v) is 9.89. The van der Waals surface area contributed by atoms with Crippen LogP contribution in [0.1, 0.15) is 5.56 Å². The van der Waals surface area contributed by atoms with Gasteiger partial charge in [-0.3, -0.25) is 0 Å². The summed E-state index contributed by atoms with van der Waals surface area (Å²) < 4.78 is 6.26. The molecule has 0 spiro atoms. The predicted octanol–water partition coefficient (Wildman–Crippen LogP) is 4.67. The molecule has 0 saturated heterocycles. The van der Waals surface area contributed by atoms with Gasteiger partial charge >= 0.3 is 0 Å². The third kappa shape index (κ3) is 1.72. The fourth-order valence-electron chi connectivity index (χ4n) is 1.36. The summed E-state index contributed by atoms with van der Waals surface area (Å²) in [5.41, 5.74) is 2.03. The van der Waals surface area contributed by atoms with E-state index in [4.69, 9.17) is 16.0 Å². The Morgan fingerprint density at radius 1 is 1.36 bits per heavy atom. The largest absolute Gasteiger partial charge is 0.464 e. The van der Waals surface area contributed by atoms with Gasteiger partial charge in [0.25, 0.3) is 0 Å². The highest BCUT2D eigenvalue weighted by atomic mass is 79.9. The molecule has 1 nitrogen and oxygen atoms in total. The van der Waals surface area contributed by atoms with Crippen LogP contribution in [0.25, 0.3) is 11.3 Å². The zero-order valence-electron chi connectivity index (χ0n) is 7.55. The van der Waals surface area contributed by atoms with Crippen molar-refractivity contribution in [3.63, 3.8) is 0 Å². The third-order valence-electron chi connectivity index (χ3n) is 1.95. The number of hydrogen-bond acceptors (Lipinski definition) is 1. The van der Waals surface area contributed by atoms with Crippen LogP contribution in [0.15, 0.2) is 39.4 Å². The topological polar surface area (TPSA) is 13.1 Å². The van der Waals surface area contributed by atoms with Gasteiger partial charge in [0.2, 0.25) is 0 Å². The van der Waals surface area contributed by atoms with Crippen molar-refractivity contribution in [1.82, 2.24) is 0 Å². The van der Waals surface area contributed by atoms with Crippen molar-refractivity contribution in [3.05, 3.63) is 45.6 Å². The summed E-state index contributed by atoms with van der Waals surface area (Å²) in [6.07, 6.45) is 1.64. The molecular formula is C11H8BrClO. The zero-order chi connectivity index (χ0) is 10.1. The summed E-state index contributed by atoms with van der Waals surface area (Å²) in [5, 5.41) is 0.701. The van der Waals surface area contributed by atoms with Crippen LogP contribution >= 0.6 is 27.5 Å². The molecule has 2 aromatic rings. The van der Waals surface area contributed by atoms with E-state index in [9.17, 15) is 0 Å². The van der Waals surface area contributed by atoms with E-state index in [1.54, 1.807) is 6.26 Å². The maximum Gasteiger partial charge on any atom is 0.136 e. The van der Waals surface area contributed by atoms with E-state index in [1.807, 2.05) is 31.2 Å². The van der Waals surface area contributed by atoms with Crippen molar-refractivity contribution < 1.29 is 4.42 Å². The van der Waals surface area contributed by atoms with Gasteiger partial charge in [0.05, 0.1) is 16.8 Å². The lowest BCUT2D eigenvalue weighted by atomic mass is 10.1. The minimum Gasteiger partial charge on any atom is -0.464 e. The summed E-state index contributed by atoms with van der Waals surface area (Å²) >= 11 is 9.61. The van der Waals surface area contributed by atoms with E-state index < -0.39 is 0 Å². The summed E-state index contributed by atoms with van der Waals surface area (Å²) in [4.78, 5) is 0. The van der Waals surface area contributed by atoms with Crippen molar-refractivity contribution in [1.29, 1.82) is 0 Å². The molecule has 1 heterocycles. The molecule has 0 N–H and O–H groups in total. The number of furan rings is 1. The maximum atomic E-state index is 6.14. The number of aryl methyl sites for hydroxylation is 1. The number of halogens is 2. The Kier molecular flexibility index (Phi) is 2.66. The van der Waals surface area contributed by atoms with Crippen LogP contribution in [-0.4, -0.2) is 0 Å². The van der Waals surface area contributed by atoms with Crippen molar-refractivity contribution in [2.24, 2.45) is 0 Å². The summed E-state index contributed by atoms with van der Waals surface area (Å²) in [6.45, 7) is 2.00. The van der Waals surface area contributed by atoms with E-state index in [1.165, 1.54) is 0 Å². The Morgan fingerprint density at radius 2 is 2.14 bits per heavy atom. The molecule has 1 aromatic heterocycles. The standard InChI is InChI=1S/C11H8BrClO/c1-7-5-8(12)11(9(13)6-7)10-3-2-4-14-10/h2-6H,1H3. The lowest BCUT2D eigenvalue weighted by Gasteiger charge is -2.05. The molecule has 2 rings (SSSR count). The monoisotopic (exact) mass is 270 g/mol. The lowest BCUT2D eigenvalue weighted by molar-refractivity contribution is 0.582. The highest BCUT2D eigenvalue weighted by Crippen LogP contribution is 2.35. The van der Waals surface area contributed by atoms with Gasteiger partial charge in [-0.25, -0.2) is 0 Å². The van der Waals surface area contributed by atoms with Crippen LogP contribution in [-0.2, 0) is 0 Å². The quantitative estimate of drug-likeness (QED) is 0.734. The Bertz CT molecular complexity index is 425. The molecule has 0 aliphatic heterocycles. The second-order valence-corrected chi connectivity index (χ2v) is 4.34. The van der Waals surface area contributed by atoms with Gasteiger partial charge in [0.1, 0.15) is 5.76 Å². The first-order chi connectivity index (χ1) is 6.68. The predicted molar refractivity (Wildman–Crippen MR) is 61.6 cm³/mol. The van der Waals surface area contributed by atoms with Crippen molar-refractivity contribution in [3.8, 4) is 11.3 Å². The molecule has 0 bridgehead atoms. The molecule has 0 unspecified atom stereocenters. The van der Waals surface area contributed by atoms with Gasteiger partial charge in [0.15, 0.2) is 0 Å². The van der Waals surface area contributed by atoms with Crippen molar-refractivity contribution in [2.45, 2.75) is 6.92 Å². The van der Waals surface area contributed by atoms with Gasteiger partial charge in [-0.05, 0) is 52.7 Å². The second-order valence-electron chi connectivity index (χ2n) is 3.08. The van der Waals surface area contributed by atoms with E-state index >= 15 is 0 Å². The SMILES string of the molecule is Cc1cc(Cl)c(-c2ccco2)c(Br)c1. The van der Waals surface area contributed by atoms with E-state index in [0.29, 0.717) is 5.02 Å². The molecule has 0 aliphatic rings. The molecule has 0 fully saturated rings. The van der Waals surface area contributed by atoms with Crippen molar-refractivity contribution in [2.75, 3.05) is 0 Å². The highest BCUT2D eigenvalue weighted by Gasteiger charge is 2.10. The van der Waals surface area contributed by atoms with Crippen LogP contribution in [0.2, 0.25) is 5.02 Å². The third-order valence-corrected chi connectivity index (χ3v) is 2.88. The molecular weight excluding hydrogens is 263 g/mol. The van der Waals surface area contributed by atoms with E-state index in [-0.39, 0.29) is 0 Å². The average molecular weight is 272 g/mol. The van der Waals surface area contributed by atoms with E-state index in [2.05, 4.69) is 15.9 Å². The number of rotatable bonds is 1. The molecule has 3 heteroatoms. The molecule has 14 heavy (non-hydrogen) atoms. The van der Waals surface area contributed by atoms with Crippen LogP contribution in [0.5, 0.6) is 0 Å². The van der Waals surface area contributed by atoms with Crippen LogP contribution in [0.4, 0.5) is 0 Å². The molecule has 0 radical (unpaired) electrons. The second kappa shape index (κ2) is 3.79. The minimum atomic E-state index is 0.701. The molecule has 0 aliphatic carbocycles. The molecule has 0 saturated carbocycles. The van der Waals surface area contributed by atoms with Crippen LogP contribution in [0, 0.1) is 6.92 Å². The molecule has 72 valence electrons.